The molecule has 0 unspecified atom stereocenters. The van der Waals surface area contributed by atoms with Gasteiger partial charge in [-0.25, -0.2) is 4.79 Å². The van der Waals surface area contributed by atoms with Crippen LogP contribution in [-0.2, 0) is 4.74 Å². The van der Waals surface area contributed by atoms with Crippen molar-refractivity contribution in [1.82, 2.24) is 0 Å². The highest BCUT2D eigenvalue weighted by molar-refractivity contribution is 9.10. The van der Waals surface area contributed by atoms with Crippen LogP contribution < -0.4 is 0 Å². The molecule has 0 spiro atoms. The Morgan fingerprint density at radius 3 is 2.80 bits per heavy atom. The fourth-order valence-corrected chi connectivity index (χ4v) is 3.62. The van der Waals surface area contributed by atoms with Crippen molar-refractivity contribution in [2.45, 2.75) is 11.1 Å². The second-order valence-electron chi connectivity index (χ2n) is 2.44. The van der Waals surface area contributed by atoms with Crippen molar-refractivity contribution in [2.75, 3.05) is 12.9 Å². The molecule has 0 bridgehead atoms. The lowest BCUT2D eigenvalue weighted by Crippen LogP contribution is -2.02. The van der Waals surface area contributed by atoms with Gasteiger partial charge < -0.3 is 4.74 Å². The Hall–Kier alpha value is -0.510. The summed E-state index contributed by atoms with van der Waals surface area (Å²) in [5, 5.41) is 8.92. The van der Waals surface area contributed by atoms with Crippen LogP contribution in [0.25, 0.3) is 0 Å². The third kappa shape index (κ3) is 2.54. The Morgan fingerprint density at radius 2 is 2.40 bits per heavy atom. The van der Waals surface area contributed by atoms with E-state index in [1.165, 1.54) is 23.1 Å². The monoisotopic (exact) mass is 305 g/mol. The highest BCUT2D eigenvalue weighted by Gasteiger charge is 2.21. The van der Waals surface area contributed by atoms with Gasteiger partial charge in [0, 0.05) is 0 Å². The van der Waals surface area contributed by atoms with Crippen LogP contribution >= 0.6 is 39.0 Å². The summed E-state index contributed by atoms with van der Waals surface area (Å²) in [4.78, 5) is 12.0. The van der Waals surface area contributed by atoms with E-state index in [4.69, 9.17) is 10.00 Å². The van der Waals surface area contributed by atoms with Crippen molar-refractivity contribution in [3.63, 3.8) is 0 Å². The minimum absolute atomic E-state index is 0.333. The SMILES string of the molecule is CCOC(=O)c1sc(SC)c(C#N)c1Br. The summed E-state index contributed by atoms with van der Waals surface area (Å²) in [7, 11) is 0. The highest BCUT2D eigenvalue weighted by atomic mass is 79.9. The van der Waals surface area contributed by atoms with Crippen molar-refractivity contribution in [1.29, 1.82) is 5.26 Å². The van der Waals surface area contributed by atoms with Crippen LogP contribution in [0.15, 0.2) is 8.68 Å². The van der Waals surface area contributed by atoms with E-state index in [1.54, 1.807) is 6.92 Å². The topological polar surface area (TPSA) is 50.1 Å². The number of carbonyl (C=O) groups excluding carboxylic acids is 1. The van der Waals surface area contributed by atoms with Gasteiger partial charge >= 0.3 is 5.97 Å². The van der Waals surface area contributed by atoms with Gasteiger partial charge in [0.25, 0.3) is 0 Å². The summed E-state index contributed by atoms with van der Waals surface area (Å²) >= 11 is 5.97. The fourth-order valence-electron chi connectivity index (χ4n) is 0.958. The number of halogens is 1. The summed E-state index contributed by atoms with van der Waals surface area (Å²) in [6.45, 7) is 2.08. The van der Waals surface area contributed by atoms with Crippen molar-refractivity contribution < 1.29 is 9.53 Å². The van der Waals surface area contributed by atoms with Crippen molar-refractivity contribution in [3.8, 4) is 6.07 Å². The van der Waals surface area contributed by atoms with Gasteiger partial charge in [-0.05, 0) is 29.1 Å². The number of rotatable bonds is 3. The molecule has 3 nitrogen and oxygen atoms in total. The maximum absolute atomic E-state index is 11.5. The molecule has 0 N–H and O–H groups in total. The molecule has 0 saturated heterocycles. The Kier molecular flexibility index (Phi) is 4.64. The summed E-state index contributed by atoms with van der Waals surface area (Å²) < 4.78 is 6.25. The lowest BCUT2D eigenvalue weighted by atomic mass is 10.3. The van der Waals surface area contributed by atoms with E-state index < -0.39 is 0 Å². The number of nitrogens with zero attached hydrogens (tertiary/aromatic N) is 1. The summed E-state index contributed by atoms with van der Waals surface area (Å²) in [6, 6.07) is 2.07. The van der Waals surface area contributed by atoms with Crippen molar-refractivity contribution in [3.05, 3.63) is 14.9 Å². The molecule has 0 radical (unpaired) electrons. The number of nitriles is 1. The second kappa shape index (κ2) is 5.54. The molecule has 0 fully saturated rings. The largest absolute Gasteiger partial charge is 0.462 e. The molecule has 6 heteroatoms. The van der Waals surface area contributed by atoms with E-state index in [-0.39, 0.29) is 5.97 Å². The molecule has 0 aliphatic rings. The minimum atomic E-state index is -0.383. The molecule has 0 aromatic carbocycles. The smallest absolute Gasteiger partial charge is 0.349 e. The van der Waals surface area contributed by atoms with Crippen LogP contribution in [0.2, 0.25) is 0 Å². The van der Waals surface area contributed by atoms with Gasteiger partial charge in [0.05, 0.1) is 20.9 Å². The molecule has 0 atom stereocenters. The first-order valence-corrected chi connectivity index (χ1v) is 6.92. The number of thioether (sulfide) groups is 1. The summed E-state index contributed by atoms with van der Waals surface area (Å²) in [6.07, 6.45) is 1.87. The van der Waals surface area contributed by atoms with Crippen LogP contribution in [0.1, 0.15) is 22.2 Å². The van der Waals surface area contributed by atoms with Crippen LogP contribution in [0.5, 0.6) is 0 Å². The molecule has 1 aromatic heterocycles. The molecule has 0 saturated carbocycles. The first-order valence-electron chi connectivity index (χ1n) is 4.09. The standard InChI is InChI=1S/C9H8BrNO2S2/c1-3-13-8(12)7-6(10)5(4-11)9(14-2)15-7/h3H2,1-2H3. The predicted octanol–water partition coefficient (Wildman–Crippen LogP) is 3.28. The minimum Gasteiger partial charge on any atom is -0.462 e. The molecule has 80 valence electrons. The lowest BCUT2D eigenvalue weighted by molar-refractivity contribution is 0.0531. The molecule has 1 rings (SSSR count). The number of thiophene rings is 1. The zero-order chi connectivity index (χ0) is 11.4. The summed E-state index contributed by atoms with van der Waals surface area (Å²) in [5.74, 6) is -0.383. The second-order valence-corrected chi connectivity index (χ2v) is 5.33. The lowest BCUT2D eigenvalue weighted by Gasteiger charge is -1.97. The zero-order valence-electron chi connectivity index (χ0n) is 8.17. The zero-order valence-corrected chi connectivity index (χ0v) is 11.4. The molecule has 0 aliphatic heterocycles. The molecular formula is C9H8BrNO2S2. The van der Waals surface area contributed by atoms with Gasteiger partial charge in [-0.1, -0.05) is 0 Å². The van der Waals surface area contributed by atoms with E-state index in [1.807, 2.05) is 6.26 Å². The highest BCUT2D eigenvalue weighted by Crippen LogP contribution is 2.38. The van der Waals surface area contributed by atoms with E-state index in [0.717, 1.165) is 4.21 Å². The van der Waals surface area contributed by atoms with Crippen LogP contribution in [0.3, 0.4) is 0 Å². The molecule has 0 amide bonds. The van der Waals surface area contributed by atoms with Gasteiger partial charge in [0.1, 0.15) is 10.9 Å². The van der Waals surface area contributed by atoms with Crippen LogP contribution in [0, 0.1) is 11.3 Å². The van der Waals surface area contributed by atoms with Crippen LogP contribution in [0.4, 0.5) is 0 Å². The van der Waals surface area contributed by atoms with Gasteiger partial charge in [0.15, 0.2) is 0 Å². The van der Waals surface area contributed by atoms with Gasteiger partial charge in [0.2, 0.25) is 0 Å². The molecular weight excluding hydrogens is 298 g/mol. The van der Waals surface area contributed by atoms with Crippen molar-refractivity contribution in [2.24, 2.45) is 0 Å². The molecule has 0 aliphatic carbocycles. The number of ether oxygens (including phenoxy) is 1. The number of carbonyl (C=O) groups is 1. The fraction of sp³-hybridized carbons (Fsp3) is 0.333. The van der Waals surface area contributed by atoms with E-state index in [2.05, 4.69) is 22.0 Å². The average molecular weight is 306 g/mol. The third-order valence-electron chi connectivity index (χ3n) is 1.58. The van der Waals surface area contributed by atoms with E-state index in [0.29, 0.717) is 21.5 Å². The predicted molar refractivity (Wildman–Crippen MR) is 64.5 cm³/mol. The molecule has 1 heterocycles. The molecule has 1 aromatic rings. The summed E-state index contributed by atoms with van der Waals surface area (Å²) in [5.41, 5.74) is 0.510. The number of hydrogen-bond donors (Lipinski definition) is 0. The first kappa shape index (κ1) is 12.6. The Balaban J connectivity index is 3.16. The van der Waals surface area contributed by atoms with Gasteiger partial charge in [-0.2, -0.15) is 5.26 Å². The Bertz CT molecular complexity index is 422. The van der Waals surface area contributed by atoms with Gasteiger partial charge in [-0.3, -0.25) is 0 Å². The first-order chi connectivity index (χ1) is 7.15. The number of hydrogen-bond acceptors (Lipinski definition) is 5. The van der Waals surface area contributed by atoms with E-state index >= 15 is 0 Å². The van der Waals surface area contributed by atoms with Crippen molar-refractivity contribution >= 4 is 45.0 Å². The quantitative estimate of drug-likeness (QED) is 0.635. The number of esters is 1. The van der Waals surface area contributed by atoms with Crippen LogP contribution in [-0.4, -0.2) is 18.8 Å². The Labute approximate surface area is 105 Å². The van der Waals surface area contributed by atoms with Gasteiger partial charge in [-0.15, -0.1) is 23.1 Å². The maximum atomic E-state index is 11.5. The molecule has 15 heavy (non-hydrogen) atoms. The maximum Gasteiger partial charge on any atom is 0.349 e. The average Bonchev–Trinajstić information content (AvgIpc) is 2.55. The Morgan fingerprint density at radius 1 is 1.73 bits per heavy atom. The third-order valence-corrected chi connectivity index (χ3v) is 4.92. The van der Waals surface area contributed by atoms with E-state index in [9.17, 15) is 4.79 Å². The normalized spacial score (nSPS) is 9.73.